The average molecular weight is 164 g/mol. The Morgan fingerprint density at radius 3 is 2.83 bits per heavy atom. The van der Waals surface area contributed by atoms with E-state index in [4.69, 9.17) is 4.42 Å². The Kier molecular flexibility index (Phi) is 1.56. The summed E-state index contributed by atoms with van der Waals surface area (Å²) < 4.78 is 4.96. The van der Waals surface area contributed by atoms with Crippen molar-refractivity contribution in [1.82, 2.24) is 0 Å². The summed E-state index contributed by atoms with van der Waals surface area (Å²) in [6.07, 6.45) is 6.34. The van der Waals surface area contributed by atoms with E-state index in [-0.39, 0.29) is 5.41 Å². The minimum absolute atomic E-state index is 0.0239. The fourth-order valence-corrected chi connectivity index (χ4v) is 1.59. The van der Waals surface area contributed by atoms with Crippen molar-refractivity contribution in [2.45, 2.75) is 26.2 Å². The van der Waals surface area contributed by atoms with Gasteiger partial charge in [0, 0.05) is 5.41 Å². The zero-order chi connectivity index (χ0) is 8.60. The lowest BCUT2D eigenvalue weighted by molar-refractivity contribution is -0.121. The number of ketones is 1. The summed E-state index contributed by atoms with van der Waals surface area (Å²) >= 11 is 0. The summed E-state index contributed by atoms with van der Waals surface area (Å²) in [7, 11) is 0. The third kappa shape index (κ3) is 1.17. The number of furan rings is 1. The molecule has 0 amide bonds. The van der Waals surface area contributed by atoms with E-state index in [2.05, 4.69) is 0 Å². The molecule has 1 aliphatic carbocycles. The molecule has 2 heteroatoms. The van der Waals surface area contributed by atoms with Gasteiger partial charge >= 0.3 is 0 Å². The molecule has 64 valence electrons. The van der Waals surface area contributed by atoms with E-state index >= 15 is 0 Å². The van der Waals surface area contributed by atoms with Gasteiger partial charge in [-0.25, -0.2) is 0 Å². The predicted molar refractivity (Wildman–Crippen MR) is 44.8 cm³/mol. The minimum Gasteiger partial charge on any atom is -0.472 e. The molecular weight excluding hydrogens is 152 g/mol. The Balaban J connectivity index is 2.09. The second kappa shape index (κ2) is 2.47. The van der Waals surface area contributed by atoms with Crippen molar-refractivity contribution >= 4 is 5.78 Å². The maximum atomic E-state index is 11.2. The Bertz CT molecular complexity index is 281. The van der Waals surface area contributed by atoms with Gasteiger partial charge in [-0.15, -0.1) is 0 Å². The zero-order valence-electron chi connectivity index (χ0n) is 7.17. The number of hydrogen-bond donors (Lipinski definition) is 0. The summed E-state index contributed by atoms with van der Waals surface area (Å²) in [6, 6.07) is 1.93. The molecule has 1 aromatic rings. The zero-order valence-corrected chi connectivity index (χ0v) is 7.17. The number of carbonyl (C=O) groups is 1. The minimum atomic E-state index is -0.0239. The predicted octanol–water partition coefficient (Wildman–Crippen LogP) is 2.19. The molecule has 0 N–H and O–H groups in total. The van der Waals surface area contributed by atoms with Gasteiger partial charge in [0.2, 0.25) is 0 Å². The first kappa shape index (κ1) is 7.59. The van der Waals surface area contributed by atoms with E-state index in [1.165, 1.54) is 0 Å². The molecule has 0 aromatic carbocycles. The first-order valence-electron chi connectivity index (χ1n) is 4.25. The summed E-state index contributed by atoms with van der Waals surface area (Å²) in [6.45, 7) is 1.69. The molecule has 0 spiro atoms. The van der Waals surface area contributed by atoms with Crippen LogP contribution in [0.4, 0.5) is 0 Å². The van der Waals surface area contributed by atoms with Crippen molar-refractivity contribution < 1.29 is 9.21 Å². The van der Waals surface area contributed by atoms with Crippen LogP contribution in [0.25, 0.3) is 0 Å². The second-order valence-electron chi connectivity index (χ2n) is 3.64. The molecule has 12 heavy (non-hydrogen) atoms. The quantitative estimate of drug-likeness (QED) is 0.685. The van der Waals surface area contributed by atoms with Gasteiger partial charge in [-0.2, -0.15) is 0 Å². The number of hydrogen-bond acceptors (Lipinski definition) is 2. The monoisotopic (exact) mass is 164 g/mol. The fraction of sp³-hybridized carbons (Fsp3) is 0.500. The van der Waals surface area contributed by atoms with Crippen molar-refractivity contribution in [3.05, 3.63) is 24.2 Å². The van der Waals surface area contributed by atoms with Crippen molar-refractivity contribution in [2.75, 3.05) is 0 Å². The van der Waals surface area contributed by atoms with Crippen LogP contribution in [0, 0.1) is 5.41 Å². The van der Waals surface area contributed by atoms with Crippen LogP contribution in [-0.4, -0.2) is 5.78 Å². The van der Waals surface area contributed by atoms with Crippen LogP contribution in [0.2, 0.25) is 0 Å². The van der Waals surface area contributed by atoms with E-state index < -0.39 is 0 Å². The topological polar surface area (TPSA) is 30.2 Å². The number of carbonyl (C=O) groups excluding carboxylic acids is 1. The molecule has 0 atom stereocenters. The Labute approximate surface area is 71.6 Å². The van der Waals surface area contributed by atoms with Crippen molar-refractivity contribution in [3.63, 3.8) is 0 Å². The van der Waals surface area contributed by atoms with Crippen LogP contribution in [0.5, 0.6) is 0 Å². The van der Waals surface area contributed by atoms with E-state index in [0.29, 0.717) is 5.78 Å². The molecule has 0 radical (unpaired) electrons. The molecule has 1 fully saturated rings. The Morgan fingerprint density at radius 2 is 2.42 bits per heavy atom. The molecular formula is C10H12O2. The van der Waals surface area contributed by atoms with Crippen molar-refractivity contribution in [2.24, 2.45) is 5.41 Å². The highest BCUT2D eigenvalue weighted by molar-refractivity contribution is 5.85. The Morgan fingerprint density at radius 1 is 1.67 bits per heavy atom. The van der Waals surface area contributed by atoms with Gasteiger partial charge < -0.3 is 4.42 Å². The first-order chi connectivity index (χ1) is 5.73. The largest absolute Gasteiger partial charge is 0.472 e. The van der Waals surface area contributed by atoms with Gasteiger partial charge in [0.15, 0.2) is 0 Å². The molecule has 2 nitrogen and oxygen atoms in total. The maximum absolute atomic E-state index is 11.2. The second-order valence-corrected chi connectivity index (χ2v) is 3.64. The highest BCUT2D eigenvalue weighted by Gasteiger charge is 2.46. The highest BCUT2D eigenvalue weighted by Crippen LogP contribution is 2.49. The fourth-order valence-electron chi connectivity index (χ4n) is 1.59. The molecule has 0 saturated heterocycles. The van der Waals surface area contributed by atoms with Crippen LogP contribution in [0.3, 0.4) is 0 Å². The molecule has 1 aliphatic rings. The van der Waals surface area contributed by atoms with E-state index in [1.807, 2.05) is 6.07 Å². The van der Waals surface area contributed by atoms with Gasteiger partial charge in [0.1, 0.15) is 5.78 Å². The van der Waals surface area contributed by atoms with Crippen LogP contribution < -0.4 is 0 Å². The Hall–Kier alpha value is -1.05. The third-order valence-electron chi connectivity index (χ3n) is 2.72. The van der Waals surface area contributed by atoms with Crippen molar-refractivity contribution in [3.8, 4) is 0 Å². The highest BCUT2D eigenvalue weighted by atomic mass is 16.3. The van der Waals surface area contributed by atoms with E-state index in [1.54, 1.807) is 19.5 Å². The summed E-state index contributed by atoms with van der Waals surface area (Å²) in [5.74, 6) is 0.323. The lowest BCUT2D eigenvalue weighted by Gasteiger charge is -2.07. The van der Waals surface area contributed by atoms with Gasteiger partial charge in [0.05, 0.1) is 12.5 Å². The van der Waals surface area contributed by atoms with Crippen molar-refractivity contribution in [1.29, 1.82) is 0 Å². The summed E-state index contributed by atoms with van der Waals surface area (Å²) in [4.78, 5) is 11.2. The third-order valence-corrected chi connectivity index (χ3v) is 2.72. The molecule has 1 heterocycles. The van der Waals surface area contributed by atoms with Crippen LogP contribution in [-0.2, 0) is 11.2 Å². The lowest BCUT2D eigenvalue weighted by Crippen LogP contribution is -2.14. The average Bonchev–Trinajstić information content (AvgIpc) is 2.60. The number of rotatable bonds is 3. The summed E-state index contributed by atoms with van der Waals surface area (Å²) in [5, 5.41) is 0. The normalized spacial score (nSPS) is 19.1. The molecule has 2 rings (SSSR count). The number of Topliss-reactive ketones (excluding diaryl/α,β-unsaturated/α-hetero) is 1. The SMILES string of the molecule is CC(=O)C1(Cc2ccoc2)CC1. The van der Waals surface area contributed by atoms with E-state index in [9.17, 15) is 4.79 Å². The van der Waals surface area contributed by atoms with Crippen LogP contribution >= 0.6 is 0 Å². The molecule has 1 aromatic heterocycles. The van der Waals surface area contributed by atoms with E-state index in [0.717, 1.165) is 24.8 Å². The maximum Gasteiger partial charge on any atom is 0.136 e. The smallest absolute Gasteiger partial charge is 0.136 e. The van der Waals surface area contributed by atoms with Gasteiger partial charge in [0.25, 0.3) is 0 Å². The van der Waals surface area contributed by atoms with Gasteiger partial charge in [-0.3, -0.25) is 4.79 Å². The molecule has 0 unspecified atom stereocenters. The molecule has 0 bridgehead atoms. The molecule has 1 saturated carbocycles. The van der Waals surface area contributed by atoms with Crippen LogP contribution in [0.15, 0.2) is 23.0 Å². The lowest BCUT2D eigenvalue weighted by atomic mass is 9.94. The standard InChI is InChI=1S/C10H12O2/c1-8(11)10(3-4-10)6-9-2-5-12-7-9/h2,5,7H,3-4,6H2,1H3. The van der Waals surface area contributed by atoms with Crippen LogP contribution in [0.1, 0.15) is 25.3 Å². The molecule has 0 aliphatic heterocycles. The first-order valence-corrected chi connectivity index (χ1v) is 4.25. The summed E-state index contributed by atoms with van der Waals surface area (Å²) in [5.41, 5.74) is 1.12. The van der Waals surface area contributed by atoms with Gasteiger partial charge in [-0.05, 0) is 37.8 Å². The van der Waals surface area contributed by atoms with Gasteiger partial charge in [-0.1, -0.05) is 0 Å².